The fourth-order valence-electron chi connectivity index (χ4n) is 4.73. The van der Waals surface area contributed by atoms with Crippen LogP contribution in [0.5, 0.6) is 0 Å². The lowest BCUT2D eigenvalue weighted by molar-refractivity contribution is -0.152. The predicted octanol–water partition coefficient (Wildman–Crippen LogP) is 4.64. The average molecular weight is 547 g/mol. The molecule has 0 radical (unpaired) electrons. The van der Waals surface area contributed by atoms with Crippen molar-refractivity contribution in [2.45, 2.75) is 65.4 Å². The molecule has 0 aliphatic rings. The highest BCUT2D eigenvalue weighted by molar-refractivity contribution is 7.91. The van der Waals surface area contributed by atoms with Gasteiger partial charge in [0, 0.05) is 0 Å². The maximum atomic E-state index is 13.6. The second-order valence-electron chi connectivity index (χ2n) is 11.1. The molecule has 38 heavy (non-hydrogen) atoms. The summed E-state index contributed by atoms with van der Waals surface area (Å²) in [5.74, 6) is -1.26. The van der Waals surface area contributed by atoms with E-state index in [0.717, 1.165) is 16.7 Å². The molecule has 0 unspecified atom stereocenters. The van der Waals surface area contributed by atoms with E-state index in [1.807, 2.05) is 75.4 Å². The molecule has 0 spiro atoms. The molecular weight excluding hydrogens is 504 g/mol. The molecular formula is C30H42O7S. The summed E-state index contributed by atoms with van der Waals surface area (Å²) >= 11 is 0. The molecule has 2 aromatic rings. The summed E-state index contributed by atoms with van der Waals surface area (Å²) in [7, 11) is -2.00. The van der Waals surface area contributed by atoms with E-state index in [-0.39, 0.29) is 36.0 Å². The Morgan fingerprint density at radius 2 is 1.63 bits per heavy atom. The third kappa shape index (κ3) is 9.55. The zero-order chi connectivity index (χ0) is 28.4. The molecule has 0 heterocycles. The van der Waals surface area contributed by atoms with Crippen LogP contribution in [0.2, 0.25) is 0 Å². The Balaban J connectivity index is 2.26. The van der Waals surface area contributed by atoms with Gasteiger partial charge in [-0.15, -0.1) is 0 Å². The Bertz CT molecular complexity index is 1160. The topological polar surface area (TPSA) is 107 Å². The van der Waals surface area contributed by atoms with Crippen molar-refractivity contribution >= 4 is 21.8 Å². The lowest BCUT2D eigenvalue weighted by Crippen LogP contribution is -2.35. The lowest BCUT2D eigenvalue weighted by atomic mass is 9.75. The van der Waals surface area contributed by atoms with E-state index in [1.54, 1.807) is 6.92 Å². The number of hydrogen-bond donors (Lipinski definition) is 1. The van der Waals surface area contributed by atoms with E-state index in [2.05, 4.69) is 0 Å². The van der Waals surface area contributed by atoms with Crippen LogP contribution in [0.4, 0.5) is 0 Å². The number of aliphatic hydroxyl groups excluding tert-OH is 1. The van der Waals surface area contributed by atoms with Gasteiger partial charge in [0.2, 0.25) is 0 Å². The summed E-state index contributed by atoms with van der Waals surface area (Å²) in [6.45, 7) is 7.20. The maximum Gasteiger partial charge on any atom is 0.316 e. The first-order valence-corrected chi connectivity index (χ1v) is 14.8. The molecule has 2 atom stereocenters. The van der Waals surface area contributed by atoms with Crippen LogP contribution in [0.3, 0.4) is 0 Å². The monoisotopic (exact) mass is 546 g/mol. The molecule has 0 aliphatic carbocycles. The fraction of sp³-hybridized carbons (Fsp3) is 0.533. The molecule has 0 saturated carbocycles. The number of aliphatic hydroxyl groups is 1. The van der Waals surface area contributed by atoms with E-state index < -0.39 is 27.3 Å². The number of hydrogen-bond acceptors (Lipinski definition) is 7. The summed E-state index contributed by atoms with van der Waals surface area (Å²) in [5.41, 5.74) is 1.10. The molecule has 0 amide bonds. The second-order valence-corrected chi connectivity index (χ2v) is 13.2. The third-order valence-electron chi connectivity index (χ3n) is 6.92. The van der Waals surface area contributed by atoms with Crippen molar-refractivity contribution in [1.82, 2.24) is 0 Å². The maximum absolute atomic E-state index is 13.6. The van der Waals surface area contributed by atoms with E-state index >= 15 is 0 Å². The molecule has 7 nitrogen and oxygen atoms in total. The molecule has 0 fully saturated rings. The van der Waals surface area contributed by atoms with Gasteiger partial charge >= 0.3 is 11.9 Å². The van der Waals surface area contributed by atoms with Crippen LogP contribution >= 0.6 is 0 Å². The quantitative estimate of drug-likeness (QED) is 0.324. The number of esters is 2. The highest BCUT2D eigenvalue weighted by Crippen LogP contribution is 2.35. The molecule has 0 aromatic heterocycles. The second kappa shape index (κ2) is 13.9. The lowest BCUT2D eigenvalue weighted by Gasteiger charge is -2.31. The number of carbonyl (C=O) groups is 2. The number of benzene rings is 2. The highest BCUT2D eigenvalue weighted by Gasteiger charge is 2.38. The van der Waals surface area contributed by atoms with Crippen LogP contribution in [0.15, 0.2) is 54.6 Å². The van der Waals surface area contributed by atoms with Gasteiger partial charge in [0.1, 0.15) is 6.61 Å². The number of carbonyl (C=O) groups excluding carboxylic acids is 2. The largest absolute Gasteiger partial charge is 0.469 e. The third-order valence-corrected chi connectivity index (χ3v) is 8.94. The zero-order valence-corrected chi connectivity index (χ0v) is 24.1. The van der Waals surface area contributed by atoms with Crippen LogP contribution in [0.25, 0.3) is 0 Å². The Labute approximate surface area is 227 Å². The van der Waals surface area contributed by atoms with Crippen LogP contribution < -0.4 is 0 Å². The normalized spacial score (nSPS) is 14.4. The molecule has 8 heteroatoms. The van der Waals surface area contributed by atoms with Crippen molar-refractivity contribution < 1.29 is 32.6 Å². The van der Waals surface area contributed by atoms with Crippen LogP contribution in [-0.4, -0.2) is 50.7 Å². The molecule has 0 aliphatic heterocycles. The standard InChI is InChI=1S/C30H42O7S/c1-23(27(32)36-5)19-25-13-9-14-26(20-25)30(4,28(33)37-21-24-11-7-6-8-12-24)16-10-15-29(2,3)22-38(34,35)18-17-31/h6-9,11-14,20,23,31H,10,15-19,21-22H2,1-5H3/t23-,30-/m1/s1. The van der Waals surface area contributed by atoms with Crippen molar-refractivity contribution in [3.63, 3.8) is 0 Å². The first-order valence-electron chi connectivity index (χ1n) is 13.0. The average Bonchev–Trinajstić information content (AvgIpc) is 2.86. The van der Waals surface area contributed by atoms with Gasteiger partial charge in [-0.25, -0.2) is 8.42 Å². The van der Waals surface area contributed by atoms with Crippen molar-refractivity contribution in [3.05, 3.63) is 71.3 Å². The van der Waals surface area contributed by atoms with Crippen molar-refractivity contribution in [2.75, 3.05) is 25.2 Å². The first-order chi connectivity index (χ1) is 17.8. The summed E-state index contributed by atoms with van der Waals surface area (Å²) in [4.78, 5) is 25.5. The molecule has 0 saturated heterocycles. The van der Waals surface area contributed by atoms with Gasteiger partial charge in [0.05, 0.1) is 36.6 Å². The number of methoxy groups -OCH3 is 1. The Kier molecular flexibility index (Phi) is 11.5. The smallest absolute Gasteiger partial charge is 0.316 e. The van der Waals surface area contributed by atoms with Gasteiger partial charge in [-0.2, -0.15) is 0 Å². The van der Waals surface area contributed by atoms with E-state index in [1.165, 1.54) is 7.11 Å². The fourth-order valence-corrected chi connectivity index (χ4v) is 6.48. The molecule has 0 bridgehead atoms. The number of rotatable bonds is 15. The Hall–Kier alpha value is -2.71. The minimum absolute atomic E-state index is 0.0311. The summed E-state index contributed by atoms with van der Waals surface area (Å²) in [5, 5.41) is 9.07. The van der Waals surface area contributed by atoms with E-state index in [4.69, 9.17) is 14.6 Å². The van der Waals surface area contributed by atoms with Crippen LogP contribution in [-0.2, 0) is 47.3 Å². The SMILES string of the molecule is COC(=O)[C@H](C)Cc1cccc([C@@](C)(CCCC(C)(C)CS(=O)(=O)CCO)C(=O)OCc2ccccc2)c1. The van der Waals surface area contributed by atoms with Crippen molar-refractivity contribution in [2.24, 2.45) is 11.3 Å². The molecule has 2 rings (SSSR count). The number of ether oxygens (including phenoxy) is 2. The zero-order valence-electron chi connectivity index (χ0n) is 23.2. The van der Waals surface area contributed by atoms with Crippen LogP contribution in [0.1, 0.15) is 63.6 Å². The predicted molar refractivity (Wildman–Crippen MR) is 148 cm³/mol. The van der Waals surface area contributed by atoms with Gasteiger partial charge in [-0.3, -0.25) is 9.59 Å². The van der Waals surface area contributed by atoms with Gasteiger partial charge in [0.25, 0.3) is 0 Å². The summed E-state index contributed by atoms with van der Waals surface area (Å²) in [6.07, 6.45) is 2.12. The summed E-state index contributed by atoms with van der Waals surface area (Å²) < 4.78 is 35.2. The Morgan fingerprint density at radius 3 is 2.26 bits per heavy atom. The molecule has 1 N–H and O–H groups in total. The van der Waals surface area contributed by atoms with E-state index in [0.29, 0.717) is 25.7 Å². The number of sulfone groups is 1. The Morgan fingerprint density at radius 1 is 0.974 bits per heavy atom. The van der Waals surface area contributed by atoms with Crippen LogP contribution in [0, 0.1) is 11.3 Å². The van der Waals surface area contributed by atoms with Gasteiger partial charge in [-0.1, -0.05) is 81.8 Å². The van der Waals surface area contributed by atoms with Gasteiger partial charge in [-0.05, 0) is 48.3 Å². The van der Waals surface area contributed by atoms with Gasteiger partial charge < -0.3 is 14.6 Å². The summed E-state index contributed by atoms with van der Waals surface area (Å²) in [6, 6.07) is 17.1. The highest BCUT2D eigenvalue weighted by atomic mass is 32.2. The van der Waals surface area contributed by atoms with Crippen molar-refractivity contribution in [3.8, 4) is 0 Å². The first kappa shape index (κ1) is 31.5. The van der Waals surface area contributed by atoms with Crippen molar-refractivity contribution in [1.29, 1.82) is 0 Å². The molecule has 2 aromatic carbocycles. The minimum atomic E-state index is -3.37. The van der Waals surface area contributed by atoms with Gasteiger partial charge in [0.15, 0.2) is 9.84 Å². The van der Waals surface area contributed by atoms with E-state index in [9.17, 15) is 18.0 Å². The molecule has 210 valence electrons. The minimum Gasteiger partial charge on any atom is -0.469 e.